The second kappa shape index (κ2) is 6.48. The number of amides is 2. The van der Waals surface area contributed by atoms with E-state index in [4.69, 9.17) is 10.2 Å². The molecule has 1 heterocycles. The van der Waals surface area contributed by atoms with Gasteiger partial charge in [-0.1, -0.05) is 0 Å². The summed E-state index contributed by atoms with van der Waals surface area (Å²) in [6.45, 7) is 0.411. The van der Waals surface area contributed by atoms with Gasteiger partial charge in [0.25, 0.3) is 0 Å². The van der Waals surface area contributed by atoms with Crippen molar-refractivity contribution in [2.75, 3.05) is 6.54 Å². The molecule has 0 aromatic carbocycles. The van der Waals surface area contributed by atoms with E-state index in [0.29, 0.717) is 6.54 Å². The maximum Gasteiger partial charge on any atom is 0.332 e. The van der Waals surface area contributed by atoms with Gasteiger partial charge in [-0.15, -0.1) is 0 Å². The Labute approximate surface area is 97.0 Å². The molecule has 8 heteroatoms. The molecule has 0 fully saturated rings. The lowest BCUT2D eigenvalue weighted by Crippen LogP contribution is -2.37. The first kappa shape index (κ1) is 13.0. The third-order valence-corrected chi connectivity index (χ3v) is 2.00. The topological polar surface area (TPSA) is 127 Å². The van der Waals surface area contributed by atoms with Gasteiger partial charge >= 0.3 is 12.0 Å². The summed E-state index contributed by atoms with van der Waals surface area (Å²) >= 11 is 0. The molecule has 1 aromatic rings. The first-order valence-corrected chi connectivity index (χ1v) is 5.00. The average molecular weight is 242 g/mol. The fourth-order valence-electron chi connectivity index (χ4n) is 1.07. The van der Waals surface area contributed by atoms with E-state index < -0.39 is 18.1 Å². The number of aromatic nitrogens is 2. The van der Waals surface area contributed by atoms with Gasteiger partial charge in [0.15, 0.2) is 6.10 Å². The number of aromatic amines is 1. The Hall–Kier alpha value is -2.09. The molecule has 0 bridgehead atoms. The van der Waals surface area contributed by atoms with Crippen molar-refractivity contribution in [3.63, 3.8) is 0 Å². The fraction of sp³-hybridized carbons (Fsp3) is 0.444. The standard InChI is InChI=1S/C9H14N4O4/c14-7(8(15)16)1-2-10-9(17)11-3-6-4-12-13-5-6/h4-5,7,14H,1-3H2,(H,12,13)(H,15,16)(H2,10,11,17)/t7-/m0/s1. The van der Waals surface area contributed by atoms with E-state index in [1.54, 1.807) is 12.4 Å². The summed E-state index contributed by atoms with van der Waals surface area (Å²) < 4.78 is 0. The molecular formula is C9H14N4O4. The Morgan fingerprint density at radius 2 is 2.24 bits per heavy atom. The Balaban J connectivity index is 2.11. The van der Waals surface area contributed by atoms with E-state index in [2.05, 4.69) is 20.8 Å². The summed E-state index contributed by atoms with van der Waals surface area (Å²) in [7, 11) is 0. The Morgan fingerprint density at radius 3 is 2.82 bits per heavy atom. The maximum absolute atomic E-state index is 11.2. The third-order valence-electron chi connectivity index (χ3n) is 2.00. The van der Waals surface area contributed by atoms with E-state index >= 15 is 0 Å². The SMILES string of the molecule is O=C(NCC[C@H](O)C(=O)O)NCc1cn[nH]c1. The van der Waals surface area contributed by atoms with Crippen LogP contribution in [0.2, 0.25) is 0 Å². The van der Waals surface area contributed by atoms with Crippen molar-refractivity contribution in [3.8, 4) is 0 Å². The number of carboxylic acid groups (broad SMARTS) is 1. The van der Waals surface area contributed by atoms with Gasteiger partial charge in [0, 0.05) is 31.3 Å². The first-order chi connectivity index (χ1) is 8.09. The molecule has 0 saturated carbocycles. The van der Waals surface area contributed by atoms with Crippen LogP contribution in [0.15, 0.2) is 12.4 Å². The number of carbonyl (C=O) groups excluding carboxylic acids is 1. The van der Waals surface area contributed by atoms with Gasteiger partial charge in [0.1, 0.15) is 0 Å². The molecule has 0 aliphatic heterocycles. The summed E-state index contributed by atoms with van der Waals surface area (Å²) in [6.07, 6.45) is 1.74. The number of aliphatic hydroxyl groups excluding tert-OH is 1. The first-order valence-electron chi connectivity index (χ1n) is 5.00. The maximum atomic E-state index is 11.2. The van der Waals surface area contributed by atoms with Gasteiger partial charge in [0.2, 0.25) is 0 Å². The van der Waals surface area contributed by atoms with Gasteiger partial charge in [0.05, 0.1) is 6.20 Å². The number of aliphatic carboxylic acids is 1. The highest BCUT2D eigenvalue weighted by molar-refractivity contribution is 5.74. The lowest BCUT2D eigenvalue weighted by atomic mass is 10.2. The monoisotopic (exact) mass is 242 g/mol. The Morgan fingerprint density at radius 1 is 1.47 bits per heavy atom. The summed E-state index contributed by atoms with van der Waals surface area (Å²) in [5, 5.41) is 28.6. The highest BCUT2D eigenvalue weighted by atomic mass is 16.4. The average Bonchev–Trinajstić information content (AvgIpc) is 2.78. The molecule has 17 heavy (non-hydrogen) atoms. The molecule has 2 amide bonds. The van der Waals surface area contributed by atoms with Gasteiger partial charge < -0.3 is 20.8 Å². The van der Waals surface area contributed by atoms with Crippen molar-refractivity contribution in [1.82, 2.24) is 20.8 Å². The normalized spacial score (nSPS) is 11.8. The molecule has 0 spiro atoms. The summed E-state index contributed by atoms with van der Waals surface area (Å²) in [5.74, 6) is -1.30. The number of nitrogens with zero attached hydrogens (tertiary/aromatic N) is 1. The largest absolute Gasteiger partial charge is 0.479 e. The molecule has 5 N–H and O–H groups in total. The number of urea groups is 1. The van der Waals surface area contributed by atoms with Crippen molar-refractivity contribution in [2.24, 2.45) is 0 Å². The molecule has 1 rings (SSSR count). The molecule has 0 saturated heterocycles. The number of nitrogens with one attached hydrogen (secondary N) is 3. The molecule has 8 nitrogen and oxygen atoms in total. The van der Waals surface area contributed by atoms with E-state index in [9.17, 15) is 9.59 Å². The highest BCUT2D eigenvalue weighted by Crippen LogP contribution is 1.92. The molecular weight excluding hydrogens is 228 g/mol. The predicted octanol–water partition coefficient (Wildman–Crippen LogP) is -0.955. The van der Waals surface area contributed by atoms with Crippen molar-refractivity contribution in [3.05, 3.63) is 18.0 Å². The van der Waals surface area contributed by atoms with Gasteiger partial charge in [-0.3, -0.25) is 5.10 Å². The van der Waals surface area contributed by atoms with Crippen molar-refractivity contribution in [1.29, 1.82) is 0 Å². The minimum absolute atomic E-state index is 0.0333. The van der Waals surface area contributed by atoms with Gasteiger partial charge in [-0.2, -0.15) is 5.10 Å². The van der Waals surface area contributed by atoms with E-state index in [1.165, 1.54) is 0 Å². The predicted molar refractivity (Wildman–Crippen MR) is 57.1 cm³/mol. The van der Waals surface area contributed by atoms with Crippen LogP contribution in [0.5, 0.6) is 0 Å². The van der Waals surface area contributed by atoms with Crippen LogP contribution in [0.3, 0.4) is 0 Å². The molecule has 0 unspecified atom stereocenters. The summed E-state index contributed by atoms with van der Waals surface area (Å²) in [5.41, 5.74) is 0.825. The van der Waals surface area contributed by atoms with Crippen molar-refractivity contribution >= 4 is 12.0 Å². The number of carbonyl (C=O) groups is 2. The Kier molecular flexibility index (Phi) is 4.95. The van der Waals surface area contributed by atoms with Gasteiger partial charge in [-0.25, -0.2) is 9.59 Å². The smallest absolute Gasteiger partial charge is 0.332 e. The van der Waals surface area contributed by atoms with E-state index in [0.717, 1.165) is 5.56 Å². The zero-order valence-electron chi connectivity index (χ0n) is 9.01. The second-order valence-electron chi connectivity index (χ2n) is 3.36. The lowest BCUT2D eigenvalue weighted by Gasteiger charge is -2.08. The van der Waals surface area contributed by atoms with Crippen LogP contribution in [0.25, 0.3) is 0 Å². The minimum Gasteiger partial charge on any atom is -0.479 e. The van der Waals surface area contributed by atoms with Crippen molar-refractivity contribution < 1.29 is 19.8 Å². The molecule has 0 aliphatic rings. The fourth-order valence-corrected chi connectivity index (χ4v) is 1.07. The van der Waals surface area contributed by atoms with Crippen LogP contribution in [-0.2, 0) is 11.3 Å². The summed E-state index contributed by atoms with van der Waals surface area (Å²) in [6, 6.07) is -0.427. The van der Waals surface area contributed by atoms with Crippen LogP contribution in [-0.4, -0.2) is 45.1 Å². The van der Waals surface area contributed by atoms with Gasteiger partial charge in [-0.05, 0) is 0 Å². The number of H-pyrrole nitrogens is 1. The zero-order valence-corrected chi connectivity index (χ0v) is 9.01. The number of hydrogen-bond acceptors (Lipinski definition) is 4. The minimum atomic E-state index is -1.45. The number of aliphatic hydroxyl groups is 1. The van der Waals surface area contributed by atoms with E-state index in [1.807, 2.05) is 0 Å². The van der Waals surface area contributed by atoms with E-state index in [-0.39, 0.29) is 13.0 Å². The summed E-state index contributed by atoms with van der Waals surface area (Å²) in [4.78, 5) is 21.5. The quantitative estimate of drug-likeness (QED) is 0.439. The molecule has 0 aliphatic carbocycles. The van der Waals surface area contributed by atoms with Crippen LogP contribution < -0.4 is 10.6 Å². The Bertz CT molecular complexity index is 365. The highest BCUT2D eigenvalue weighted by Gasteiger charge is 2.12. The van der Waals surface area contributed by atoms with Crippen LogP contribution in [0, 0.1) is 0 Å². The molecule has 94 valence electrons. The van der Waals surface area contributed by atoms with Crippen LogP contribution >= 0.6 is 0 Å². The molecule has 0 radical (unpaired) electrons. The lowest BCUT2D eigenvalue weighted by molar-refractivity contribution is -0.146. The number of carboxylic acids is 1. The molecule has 1 atom stereocenters. The van der Waals surface area contributed by atoms with Crippen LogP contribution in [0.4, 0.5) is 4.79 Å². The second-order valence-corrected chi connectivity index (χ2v) is 3.36. The van der Waals surface area contributed by atoms with Crippen molar-refractivity contribution in [2.45, 2.75) is 19.1 Å². The number of rotatable bonds is 6. The third kappa shape index (κ3) is 4.98. The zero-order chi connectivity index (χ0) is 12.7. The molecule has 1 aromatic heterocycles. The van der Waals surface area contributed by atoms with Crippen LogP contribution in [0.1, 0.15) is 12.0 Å². The number of hydrogen-bond donors (Lipinski definition) is 5.